The molecule has 16 heavy (non-hydrogen) atoms. The molecule has 1 rings (SSSR count). The molecular formula is C9H14N2O2S3. The third-order valence-electron chi connectivity index (χ3n) is 2.03. The SMILES string of the molecule is CCCN(C)S(=O)(=O)c1ccc(C(N)=S)s1. The highest BCUT2D eigenvalue weighted by atomic mass is 32.2. The summed E-state index contributed by atoms with van der Waals surface area (Å²) in [4.78, 5) is 0.850. The highest BCUT2D eigenvalue weighted by Crippen LogP contribution is 2.24. The van der Waals surface area contributed by atoms with Crippen LogP contribution in [0.25, 0.3) is 0 Å². The number of rotatable bonds is 5. The molecule has 0 aliphatic rings. The monoisotopic (exact) mass is 278 g/mol. The fourth-order valence-corrected chi connectivity index (χ4v) is 4.00. The van der Waals surface area contributed by atoms with Crippen LogP contribution in [0.15, 0.2) is 16.3 Å². The summed E-state index contributed by atoms with van der Waals surface area (Å²) in [6.45, 7) is 2.43. The van der Waals surface area contributed by atoms with Crippen LogP contribution in [0.1, 0.15) is 18.2 Å². The summed E-state index contributed by atoms with van der Waals surface area (Å²) >= 11 is 5.90. The van der Waals surface area contributed by atoms with Crippen molar-refractivity contribution >= 4 is 38.6 Å². The van der Waals surface area contributed by atoms with Gasteiger partial charge in [-0.05, 0) is 18.6 Å². The Morgan fingerprint density at radius 1 is 1.56 bits per heavy atom. The zero-order valence-corrected chi connectivity index (χ0v) is 11.6. The summed E-state index contributed by atoms with van der Waals surface area (Å²) in [5.74, 6) is 0. The first-order chi connectivity index (χ1) is 7.39. The fraction of sp³-hybridized carbons (Fsp3) is 0.444. The van der Waals surface area contributed by atoms with E-state index in [2.05, 4.69) is 0 Å². The molecule has 0 spiro atoms. The van der Waals surface area contributed by atoms with E-state index in [9.17, 15) is 8.42 Å². The smallest absolute Gasteiger partial charge is 0.252 e. The average molecular weight is 278 g/mol. The van der Waals surface area contributed by atoms with Gasteiger partial charge in [-0.3, -0.25) is 0 Å². The predicted octanol–water partition coefficient (Wildman–Crippen LogP) is 1.41. The van der Waals surface area contributed by atoms with E-state index in [4.69, 9.17) is 18.0 Å². The molecule has 4 nitrogen and oxygen atoms in total. The molecule has 1 aromatic rings. The largest absolute Gasteiger partial charge is 0.389 e. The first kappa shape index (κ1) is 13.6. The topological polar surface area (TPSA) is 63.4 Å². The molecule has 0 saturated carbocycles. The minimum Gasteiger partial charge on any atom is -0.389 e. The molecule has 0 aromatic carbocycles. The molecule has 0 radical (unpaired) electrons. The van der Waals surface area contributed by atoms with Gasteiger partial charge >= 0.3 is 0 Å². The quantitative estimate of drug-likeness (QED) is 0.827. The summed E-state index contributed by atoms with van der Waals surface area (Å²) in [6, 6.07) is 3.18. The van der Waals surface area contributed by atoms with Gasteiger partial charge in [0.05, 0.1) is 4.88 Å². The van der Waals surface area contributed by atoms with Crippen molar-refractivity contribution in [2.45, 2.75) is 17.6 Å². The van der Waals surface area contributed by atoms with Gasteiger partial charge in [-0.1, -0.05) is 19.1 Å². The van der Waals surface area contributed by atoms with Crippen molar-refractivity contribution in [3.8, 4) is 0 Å². The van der Waals surface area contributed by atoms with Crippen molar-refractivity contribution in [1.29, 1.82) is 0 Å². The van der Waals surface area contributed by atoms with E-state index < -0.39 is 10.0 Å². The molecule has 7 heteroatoms. The number of hydrogen-bond donors (Lipinski definition) is 1. The van der Waals surface area contributed by atoms with Gasteiger partial charge in [0.2, 0.25) is 0 Å². The summed E-state index contributed by atoms with van der Waals surface area (Å²) in [7, 11) is -1.81. The molecule has 0 atom stereocenters. The van der Waals surface area contributed by atoms with Crippen molar-refractivity contribution in [2.24, 2.45) is 5.73 Å². The molecule has 2 N–H and O–H groups in total. The van der Waals surface area contributed by atoms with E-state index in [1.54, 1.807) is 19.2 Å². The van der Waals surface area contributed by atoms with Gasteiger partial charge < -0.3 is 5.73 Å². The summed E-state index contributed by atoms with van der Waals surface area (Å²) in [5.41, 5.74) is 5.44. The molecule has 90 valence electrons. The van der Waals surface area contributed by atoms with Crippen LogP contribution in [0, 0.1) is 0 Å². The van der Waals surface area contributed by atoms with Gasteiger partial charge in [-0.25, -0.2) is 12.7 Å². The third-order valence-corrected chi connectivity index (χ3v) is 5.82. The Balaban J connectivity index is 3.03. The van der Waals surface area contributed by atoms with Gasteiger partial charge in [-0.15, -0.1) is 11.3 Å². The maximum atomic E-state index is 12.0. The number of thiophene rings is 1. The zero-order valence-electron chi connectivity index (χ0n) is 9.13. The van der Waals surface area contributed by atoms with Crippen LogP contribution < -0.4 is 5.73 Å². The molecule has 1 aromatic heterocycles. The van der Waals surface area contributed by atoms with Crippen LogP contribution in [0.2, 0.25) is 0 Å². The Morgan fingerprint density at radius 3 is 2.62 bits per heavy atom. The van der Waals surface area contributed by atoms with Crippen molar-refractivity contribution in [2.75, 3.05) is 13.6 Å². The van der Waals surface area contributed by atoms with Crippen LogP contribution in [-0.2, 0) is 10.0 Å². The van der Waals surface area contributed by atoms with Crippen LogP contribution in [-0.4, -0.2) is 31.3 Å². The van der Waals surface area contributed by atoms with Crippen LogP contribution in [0.3, 0.4) is 0 Å². The molecule has 0 amide bonds. The first-order valence-electron chi connectivity index (χ1n) is 4.75. The minimum absolute atomic E-state index is 0.226. The lowest BCUT2D eigenvalue weighted by molar-refractivity contribution is 0.470. The summed E-state index contributed by atoms with van der Waals surface area (Å²) in [5, 5.41) is 0. The van der Waals surface area contributed by atoms with Crippen molar-refractivity contribution < 1.29 is 8.42 Å². The Hall–Kier alpha value is -0.500. The average Bonchev–Trinajstić information content (AvgIpc) is 2.67. The lowest BCUT2D eigenvalue weighted by atomic mass is 10.5. The maximum Gasteiger partial charge on any atom is 0.252 e. The highest BCUT2D eigenvalue weighted by Gasteiger charge is 2.22. The lowest BCUT2D eigenvalue weighted by Crippen LogP contribution is -2.26. The Morgan fingerprint density at radius 2 is 2.19 bits per heavy atom. The second-order valence-corrected chi connectivity index (χ2v) is 7.10. The van der Waals surface area contributed by atoms with Gasteiger partial charge in [0.25, 0.3) is 10.0 Å². The second kappa shape index (κ2) is 5.22. The van der Waals surface area contributed by atoms with Crippen molar-refractivity contribution in [1.82, 2.24) is 4.31 Å². The molecule has 0 saturated heterocycles. The van der Waals surface area contributed by atoms with Crippen LogP contribution in [0.4, 0.5) is 0 Å². The minimum atomic E-state index is -3.38. The molecule has 0 unspecified atom stereocenters. The van der Waals surface area contributed by atoms with Crippen molar-refractivity contribution in [3.63, 3.8) is 0 Å². The van der Waals surface area contributed by atoms with E-state index in [-0.39, 0.29) is 9.20 Å². The predicted molar refractivity (Wildman–Crippen MR) is 70.3 cm³/mol. The highest BCUT2D eigenvalue weighted by molar-refractivity contribution is 7.91. The number of nitrogens with zero attached hydrogens (tertiary/aromatic N) is 1. The summed E-state index contributed by atoms with van der Waals surface area (Å²) < 4.78 is 25.6. The Bertz CT molecular complexity index is 479. The van der Waals surface area contributed by atoms with E-state index in [1.807, 2.05) is 6.92 Å². The first-order valence-corrected chi connectivity index (χ1v) is 7.42. The normalized spacial score (nSPS) is 11.9. The summed E-state index contributed by atoms with van der Waals surface area (Å²) in [6.07, 6.45) is 0.781. The molecule has 0 bridgehead atoms. The molecule has 0 fully saturated rings. The lowest BCUT2D eigenvalue weighted by Gasteiger charge is -2.14. The second-order valence-electron chi connectivity index (χ2n) is 3.31. The number of sulfonamides is 1. The standard InChI is InChI=1S/C9H14N2O2S3/c1-3-6-11(2)16(12,13)8-5-4-7(15-8)9(10)14/h4-5H,3,6H2,1-2H3,(H2,10,14). The van der Waals surface area contributed by atoms with E-state index in [0.29, 0.717) is 11.4 Å². The fourth-order valence-electron chi connectivity index (χ4n) is 1.18. The molecule has 1 heterocycles. The molecule has 0 aliphatic heterocycles. The number of thiocarbonyl (C=S) groups is 1. The van der Waals surface area contributed by atoms with E-state index >= 15 is 0 Å². The van der Waals surface area contributed by atoms with Gasteiger partial charge in [0, 0.05) is 13.6 Å². The maximum absolute atomic E-state index is 12.0. The molecule has 0 aliphatic carbocycles. The van der Waals surface area contributed by atoms with Gasteiger partial charge in [-0.2, -0.15) is 0 Å². The number of hydrogen-bond acceptors (Lipinski definition) is 4. The van der Waals surface area contributed by atoms with Crippen LogP contribution in [0.5, 0.6) is 0 Å². The van der Waals surface area contributed by atoms with Crippen LogP contribution >= 0.6 is 23.6 Å². The van der Waals surface area contributed by atoms with Gasteiger partial charge in [0.1, 0.15) is 9.20 Å². The zero-order chi connectivity index (χ0) is 12.3. The van der Waals surface area contributed by atoms with E-state index in [1.165, 1.54) is 4.31 Å². The Kier molecular flexibility index (Phi) is 4.43. The third kappa shape index (κ3) is 2.79. The van der Waals surface area contributed by atoms with E-state index in [0.717, 1.165) is 17.8 Å². The number of nitrogens with two attached hydrogens (primary N) is 1. The van der Waals surface area contributed by atoms with Gasteiger partial charge in [0.15, 0.2) is 0 Å². The molecular weight excluding hydrogens is 264 g/mol. The Labute approximate surface area is 105 Å². The van der Waals surface area contributed by atoms with Crippen molar-refractivity contribution in [3.05, 3.63) is 17.0 Å².